The Balaban J connectivity index is 2.84. The Morgan fingerprint density at radius 3 is 2.48 bits per heavy atom. The highest BCUT2D eigenvalue weighted by Crippen LogP contribution is 2.13. The fraction of sp³-hybridized carbons (Fsp3) is 0.412. The zero-order valence-corrected chi connectivity index (χ0v) is 14.5. The van der Waals surface area contributed by atoms with E-state index < -0.39 is 29.7 Å². The average Bonchev–Trinajstić information content (AvgIpc) is 2.51. The zero-order valence-electron chi connectivity index (χ0n) is 14.5. The van der Waals surface area contributed by atoms with Crippen molar-refractivity contribution >= 4 is 29.4 Å². The van der Waals surface area contributed by atoms with E-state index in [0.29, 0.717) is 5.69 Å². The summed E-state index contributed by atoms with van der Waals surface area (Å²) < 4.78 is 4.84. The third kappa shape index (κ3) is 6.62. The lowest BCUT2D eigenvalue weighted by Crippen LogP contribution is -2.49. The Bertz CT molecular complexity index is 659. The number of nitrogens with two attached hydrogens (primary N) is 1. The molecule has 8 heteroatoms. The molecular formula is C17H23N3O5. The minimum absolute atomic E-state index is 0.0480. The predicted molar refractivity (Wildman–Crippen MR) is 91.6 cm³/mol. The molecule has 0 spiro atoms. The predicted octanol–water partition coefficient (Wildman–Crippen LogP) is 0.818. The zero-order chi connectivity index (χ0) is 19.0. The number of primary amides is 1. The van der Waals surface area contributed by atoms with E-state index in [2.05, 4.69) is 10.6 Å². The Morgan fingerprint density at radius 1 is 1.24 bits per heavy atom. The molecule has 1 aromatic rings. The fourth-order valence-corrected chi connectivity index (χ4v) is 2.26. The third-order valence-electron chi connectivity index (χ3n) is 3.40. The number of hydrogen-bond acceptors (Lipinski definition) is 5. The van der Waals surface area contributed by atoms with Crippen LogP contribution in [0, 0.1) is 5.92 Å². The molecule has 1 rings (SSSR count). The van der Waals surface area contributed by atoms with Crippen molar-refractivity contribution in [3.8, 4) is 0 Å². The van der Waals surface area contributed by atoms with Gasteiger partial charge in [0.15, 0.2) is 0 Å². The molecule has 0 aromatic heterocycles. The number of amides is 3. The summed E-state index contributed by atoms with van der Waals surface area (Å²) in [6.45, 7) is 4.89. The normalized spacial score (nSPS) is 12.6. The monoisotopic (exact) mass is 349 g/mol. The Labute approximate surface area is 146 Å². The lowest BCUT2D eigenvalue weighted by atomic mass is 9.97. The van der Waals surface area contributed by atoms with Crippen LogP contribution in [0.2, 0.25) is 0 Å². The van der Waals surface area contributed by atoms with E-state index >= 15 is 0 Å². The molecule has 3 amide bonds. The van der Waals surface area contributed by atoms with Gasteiger partial charge in [0, 0.05) is 18.2 Å². The first kappa shape index (κ1) is 20.1. The van der Waals surface area contributed by atoms with Crippen molar-refractivity contribution in [2.45, 2.75) is 33.2 Å². The molecule has 0 radical (unpaired) electrons. The van der Waals surface area contributed by atoms with E-state index in [1.807, 2.05) is 0 Å². The second kappa shape index (κ2) is 9.41. The second-order valence-electron chi connectivity index (χ2n) is 5.60. The molecule has 0 aliphatic carbocycles. The first-order valence-corrected chi connectivity index (χ1v) is 7.88. The molecule has 0 unspecified atom stereocenters. The van der Waals surface area contributed by atoms with Gasteiger partial charge in [-0.05, 0) is 31.0 Å². The number of anilines is 1. The van der Waals surface area contributed by atoms with E-state index in [9.17, 15) is 19.2 Å². The van der Waals surface area contributed by atoms with Gasteiger partial charge in [-0.1, -0.05) is 13.0 Å². The van der Waals surface area contributed by atoms with Crippen LogP contribution in [-0.2, 0) is 19.1 Å². The summed E-state index contributed by atoms with van der Waals surface area (Å²) >= 11 is 0. The first-order chi connectivity index (χ1) is 11.7. The lowest BCUT2D eigenvalue weighted by Gasteiger charge is -2.21. The van der Waals surface area contributed by atoms with Gasteiger partial charge in [0.25, 0.3) is 5.91 Å². The molecule has 0 bridgehead atoms. The summed E-state index contributed by atoms with van der Waals surface area (Å²) in [5.41, 5.74) is 6.05. The molecule has 0 fully saturated rings. The number of carbonyl (C=O) groups is 4. The van der Waals surface area contributed by atoms with Gasteiger partial charge in [0.1, 0.15) is 6.04 Å². The van der Waals surface area contributed by atoms with Crippen molar-refractivity contribution < 1.29 is 23.9 Å². The molecule has 0 aliphatic heterocycles. The van der Waals surface area contributed by atoms with E-state index in [1.54, 1.807) is 26.0 Å². The molecule has 8 nitrogen and oxygen atoms in total. The number of hydrogen-bond donors (Lipinski definition) is 3. The quantitative estimate of drug-likeness (QED) is 0.599. The highest BCUT2D eigenvalue weighted by Gasteiger charge is 2.27. The maximum absolute atomic E-state index is 12.4. The standard InChI is InChI=1S/C17H23N3O5/c1-4-25-14(22)8-10(2)15(16(18)23)20-17(24)12-6-5-7-13(9-12)19-11(3)21/h5-7,9-10,15H,4,8H2,1-3H3,(H2,18,23)(H,19,21)(H,20,24)/t10-,15-/m0/s1. The maximum atomic E-state index is 12.4. The van der Waals surface area contributed by atoms with Gasteiger partial charge in [-0.25, -0.2) is 0 Å². The van der Waals surface area contributed by atoms with E-state index in [1.165, 1.54) is 19.1 Å². The maximum Gasteiger partial charge on any atom is 0.306 e. The molecule has 0 saturated carbocycles. The average molecular weight is 349 g/mol. The summed E-state index contributed by atoms with van der Waals surface area (Å²) in [7, 11) is 0. The van der Waals surface area contributed by atoms with Crippen LogP contribution in [0.4, 0.5) is 5.69 Å². The number of benzene rings is 1. The Hall–Kier alpha value is -2.90. The van der Waals surface area contributed by atoms with Crippen molar-refractivity contribution in [1.29, 1.82) is 0 Å². The van der Waals surface area contributed by atoms with Crippen LogP contribution in [0.5, 0.6) is 0 Å². The lowest BCUT2D eigenvalue weighted by molar-refractivity contribution is -0.144. The first-order valence-electron chi connectivity index (χ1n) is 7.88. The number of nitrogens with one attached hydrogen (secondary N) is 2. The van der Waals surface area contributed by atoms with Gasteiger partial charge in [-0.15, -0.1) is 0 Å². The number of ether oxygens (including phenoxy) is 1. The summed E-state index contributed by atoms with van der Waals surface area (Å²) in [5.74, 6) is -2.55. The molecular weight excluding hydrogens is 326 g/mol. The molecule has 1 aromatic carbocycles. The van der Waals surface area contributed by atoms with Gasteiger partial charge in [-0.2, -0.15) is 0 Å². The van der Waals surface area contributed by atoms with Crippen LogP contribution in [0.15, 0.2) is 24.3 Å². The van der Waals surface area contributed by atoms with Gasteiger partial charge in [0.2, 0.25) is 11.8 Å². The summed E-state index contributed by atoms with van der Waals surface area (Å²) in [5, 5.41) is 5.09. The van der Waals surface area contributed by atoms with Gasteiger partial charge < -0.3 is 21.1 Å². The largest absolute Gasteiger partial charge is 0.466 e. The third-order valence-corrected chi connectivity index (χ3v) is 3.40. The van der Waals surface area contributed by atoms with Gasteiger partial charge >= 0.3 is 5.97 Å². The molecule has 0 heterocycles. The van der Waals surface area contributed by atoms with Gasteiger partial charge in [0.05, 0.1) is 13.0 Å². The number of carbonyl (C=O) groups excluding carboxylic acids is 4. The van der Waals surface area contributed by atoms with Crippen LogP contribution in [0.25, 0.3) is 0 Å². The van der Waals surface area contributed by atoms with Crippen molar-refractivity contribution in [2.24, 2.45) is 11.7 Å². The summed E-state index contributed by atoms with van der Waals surface area (Å²) in [6.07, 6.45) is -0.0480. The smallest absolute Gasteiger partial charge is 0.306 e. The van der Waals surface area contributed by atoms with E-state index in [4.69, 9.17) is 10.5 Å². The minimum Gasteiger partial charge on any atom is -0.466 e. The highest BCUT2D eigenvalue weighted by atomic mass is 16.5. The molecule has 25 heavy (non-hydrogen) atoms. The minimum atomic E-state index is -1.03. The highest BCUT2D eigenvalue weighted by molar-refractivity contribution is 5.99. The van der Waals surface area contributed by atoms with Crippen molar-refractivity contribution in [1.82, 2.24) is 5.32 Å². The van der Waals surface area contributed by atoms with Crippen LogP contribution in [0.1, 0.15) is 37.6 Å². The SMILES string of the molecule is CCOC(=O)C[C@H](C)[C@H](NC(=O)c1cccc(NC(C)=O)c1)C(N)=O. The summed E-state index contributed by atoms with van der Waals surface area (Å²) in [4.78, 5) is 46.7. The molecule has 0 saturated heterocycles. The van der Waals surface area contributed by atoms with Crippen LogP contribution in [-0.4, -0.2) is 36.3 Å². The van der Waals surface area contributed by atoms with Crippen molar-refractivity contribution in [3.63, 3.8) is 0 Å². The second-order valence-corrected chi connectivity index (χ2v) is 5.60. The molecule has 136 valence electrons. The van der Waals surface area contributed by atoms with E-state index in [0.717, 1.165) is 0 Å². The fourth-order valence-electron chi connectivity index (χ4n) is 2.26. The van der Waals surface area contributed by atoms with Gasteiger partial charge in [-0.3, -0.25) is 19.2 Å². The van der Waals surface area contributed by atoms with Crippen molar-refractivity contribution in [2.75, 3.05) is 11.9 Å². The Morgan fingerprint density at radius 2 is 1.92 bits per heavy atom. The van der Waals surface area contributed by atoms with Crippen LogP contribution < -0.4 is 16.4 Å². The topological polar surface area (TPSA) is 128 Å². The molecule has 2 atom stereocenters. The van der Waals surface area contributed by atoms with E-state index in [-0.39, 0.29) is 24.5 Å². The number of rotatable bonds is 8. The van der Waals surface area contributed by atoms with Crippen LogP contribution >= 0.6 is 0 Å². The molecule has 0 aliphatic rings. The van der Waals surface area contributed by atoms with Crippen LogP contribution in [0.3, 0.4) is 0 Å². The number of esters is 1. The summed E-state index contributed by atoms with van der Waals surface area (Å²) in [6, 6.07) is 5.22. The van der Waals surface area contributed by atoms with Crippen molar-refractivity contribution in [3.05, 3.63) is 29.8 Å². The Kier molecular flexibility index (Phi) is 7.58. The molecule has 4 N–H and O–H groups in total.